The second-order valence-corrected chi connectivity index (χ2v) is 6.93. The van der Waals surface area contributed by atoms with E-state index in [1.54, 1.807) is 19.2 Å². The lowest BCUT2D eigenvalue weighted by atomic mass is 10.1. The minimum Gasteiger partial charge on any atom is -0.359 e. The largest absolute Gasteiger partial charge is 0.359 e. The van der Waals surface area contributed by atoms with E-state index < -0.39 is 0 Å². The highest BCUT2D eigenvalue weighted by atomic mass is 35.5. The number of halogens is 2. The van der Waals surface area contributed by atoms with Gasteiger partial charge in [0.2, 0.25) is 0 Å². The van der Waals surface area contributed by atoms with Crippen LogP contribution in [0.4, 0.5) is 4.39 Å². The number of benzene rings is 1. The summed E-state index contributed by atoms with van der Waals surface area (Å²) in [5.41, 5.74) is 1.50. The number of nitrogens with one attached hydrogen (secondary N) is 2. The summed E-state index contributed by atoms with van der Waals surface area (Å²) in [5, 5.41) is 11.0. The van der Waals surface area contributed by atoms with Gasteiger partial charge in [0.25, 0.3) is 0 Å². The van der Waals surface area contributed by atoms with Crippen molar-refractivity contribution < 1.29 is 8.91 Å². The first-order valence-corrected chi connectivity index (χ1v) is 8.74. The van der Waals surface area contributed by atoms with Crippen molar-refractivity contribution in [3.05, 3.63) is 52.1 Å². The van der Waals surface area contributed by atoms with Crippen LogP contribution in [-0.4, -0.2) is 24.2 Å². The highest BCUT2D eigenvalue weighted by molar-refractivity contribution is 6.31. The summed E-state index contributed by atoms with van der Waals surface area (Å²) in [7, 11) is 1.70. The molecule has 1 fully saturated rings. The summed E-state index contributed by atoms with van der Waals surface area (Å²) in [4.78, 5) is 4.20. The van der Waals surface area contributed by atoms with E-state index in [1.165, 1.54) is 6.07 Å². The molecule has 0 bridgehead atoms. The van der Waals surface area contributed by atoms with Gasteiger partial charge in [-0.2, -0.15) is 0 Å². The summed E-state index contributed by atoms with van der Waals surface area (Å²) < 4.78 is 19.3. The molecule has 3 rings (SSSR count). The quantitative estimate of drug-likeness (QED) is 0.625. The van der Waals surface area contributed by atoms with Gasteiger partial charge in [0.15, 0.2) is 11.7 Å². The number of aliphatic imine (C=N–C) groups is 1. The summed E-state index contributed by atoms with van der Waals surface area (Å²) >= 11 is 6.14. The molecule has 134 valence electrons. The van der Waals surface area contributed by atoms with E-state index in [2.05, 4.69) is 34.6 Å². The van der Waals surface area contributed by atoms with Crippen molar-refractivity contribution in [2.24, 2.45) is 4.99 Å². The van der Waals surface area contributed by atoms with Crippen LogP contribution in [0.2, 0.25) is 5.02 Å². The standard InChI is InChI=1S/C18H22ClFN4O/c1-10(2)15-7-11(25-24-15)9-22-18(21-3)23-16-8-12(16)17-13(19)5-4-6-14(17)20/h4-7,10,12,16H,8-9H2,1-3H3,(H2,21,22,23). The predicted molar refractivity (Wildman–Crippen MR) is 96.5 cm³/mol. The number of guanidine groups is 1. The van der Waals surface area contributed by atoms with Gasteiger partial charge >= 0.3 is 0 Å². The molecule has 2 N–H and O–H groups in total. The third kappa shape index (κ3) is 4.12. The normalized spacial score (nSPS) is 20.0. The van der Waals surface area contributed by atoms with Crippen LogP contribution in [0.15, 0.2) is 33.8 Å². The summed E-state index contributed by atoms with van der Waals surface area (Å²) in [6, 6.07) is 6.83. The molecule has 5 nitrogen and oxygen atoms in total. The van der Waals surface area contributed by atoms with Crippen molar-refractivity contribution in [3.63, 3.8) is 0 Å². The molecule has 1 heterocycles. The van der Waals surface area contributed by atoms with E-state index in [9.17, 15) is 4.39 Å². The summed E-state index contributed by atoms with van der Waals surface area (Å²) in [6.45, 7) is 4.62. The van der Waals surface area contributed by atoms with Gasteiger partial charge in [0.1, 0.15) is 5.82 Å². The van der Waals surface area contributed by atoms with Crippen LogP contribution in [0.5, 0.6) is 0 Å². The second-order valence-electron chi connectivity index (χ2n) is 6.53. The van der Waals surface area contributed by atoms with Crippen LogP contribution in [-0.2, 0) is 6.54 Å². The molecule has 0 saturated heterocycles. The highest BCUT2D eigenvalue weighted by Crippen LogP contribution is 2.44. The number of hydrogen-bond donors (Lipinski definition) is 2. The van der Waals surface area contributed by atoms with E-state index in [-0.39, 0.29) is 17.8 Å². The molecule has 0 radical (unpaired) electrons. The van der Waals surface area contributed by atoms with E-state index in [1.807, 2.05) is 6.07 Å². The Hall–Kier alpha value is -2.08. The maximum absolute atomic E-state index is 14.0. The summed E-state index contributed by atoms with van der Waals surface area (Å²) in [6.07, 6.45) is 0.821. The van der Waals surface area contributed by atoms with Crippen molar-refractivity contribution in [3.8, 4) is 0 Å². The molecular weight excluding hydrogens is 343 g/mol. The van der Waals surface area contributed by atoms with Crippen LogP contribution < -0.4 is 10.6 Å². The summed E-state index contributed by atoms with van der Waals surface area (Å²) in [5.74, 6) is 1.52. The van der Waals surface area contributed by atoms with Crippen molar-refractivity contribution in [2.75, 3.05) is 7.05 Å². The van der Waals surface area contributed by atoms with Gasteiger partial charge in [-0.25, -0.2) is 4.39 Å². The van der Waals surface area contributed by atoms with Crippen molar-refractivity contribution in [1.29, 1.82) is 0 Å². The SMILES string of the molecule is CN=C(NCc1cc(C(C)C)no1)NC1CC1c1c(F)cccc1Cl. The van der Waals surface area contributed by atoms with Crippen LogP contribution in [0, 0.1) is 5.82 Å². The Morgan fingerprint density at radius 2 is 2.28 bits per heavy atom. The molecule has 25 heavy (non-hydrogen) atoms. The first kappa shape index (κ1) is 17.7. The zero-order valence-corrected chi connectivity index (χ0v) is 15.3. The maximum atomic E-state index is 14.0. The molecule has 7 heteroatoms. The molecule has 0 spiro atoms. The molecule has 2 atom stereocenters. The van der Waals surface area contributed by atoms with E-state index in [0.29, 0.717) is 29.0 Å². The number of rotatable bonds is 5. The topological polar surface area (TPSA) is 62.5 Å². The lowest BCUT2D eigenvalue weighted by molar-refractivity contribution is 0.372. The Kier molecular flexibility index (Phi) is 5.27. The zero-order valence-electron chi connectivity index (χ0n) is 14.5. The van der Waals surface area contributed by atoms with Crippen LogP contribution in [0.1, 0.15) is 49.1 Å². The zero-order chi connectivity index (χ0) is 18.0. The van der Waals surface area contributed by atoms with Gasteiger partial charge in [-0.3, -0.25) is 4.99 Å². The predicted octanol–water partition coefficient (Wildman–Crippen LogP) is 3.81. The number of hydrogen-bond acceptors (Lipinski definition) is 3. The maximum Gasteiger partial charge on any atom is 0.191 e. The first-order valence-electron chi connectivity index (χ1n) is 8.36. The first-order chi connectivity index (χ1) is 12.0. The third-order valence-electron chi connectivity index (χ3n) is 4.31. The van der Waals surface area contributed by atoms with Crippen molar-refractivity contribution >= 4 is 17.6 Å². The fourth-order valence-corrected chi connectivity index (χ4v) is 3.07. The van der Waals surface area contributed by atoms with Crippen LogP contribution in [0.25, 0.3) is 0 Å². The Morgan fingerprint density at radius 3 is 2.92 bits per heavy atom. The minimum absolute atomic E-state index is 0.0603. The molecule has 0 aliphatic heterocycles. The highest BCUT2D eigenvalue weighted by Gasteiger charge is 2.41. The van der Waals surface area contributed by atoms with E-state index in [4.69, 9.17) is 16.1 Å². The van der Waals surface area contributed by atoms with Crippen molar-refractivity contribution in [1.82, 2.24) is 15.8 Å². The van der Waals surface area contributed by atoms with E-state index >= 15 is 0 Å². The average Bonchev–Trinajstić information content (AvgIpc) is 3.14. The molecule has 1 aliphatic carbocycles. The number of nitrogens with zero attached hydrogens (tertiary/aromatic N) is 2. The fourth-order valence-electron chi connectivity index (χ4n) is 2.76. The monoisotopic (exact) mass is 364 g/mol. The third-order valence-corrected chi connectivity index (χ3v) is 4.64. The molecule has 1 saturated carbocycles. The Bertz CT molecular complexity index is 754. The molecule has 1 aromatic heterocycles. The van der Waals surface area contributed by atoms with Gasteiger partial charge < -0.3 is 15.2 Å². The van der Waals surface area contributed by atoms with Gasteiger partial charge in [-0.15, -0.1) is 0 Å². The van der Waals surface area contributed by atoms with E-state index in [0.717, 1.165) is 17.9 Å². The molecule has 0 amide bonds. The van der Waals surface area contributed by atoms with Crippen LogP contribution in [0.3, 0.4) is 0 Å². The van der Waals surface area contributed by atoms with Gasteiger partial charge in [0, 0.05) is 35.7 Å². The smallest absolute Gasteiger partial charge is 0.191 e. The minimum atomic E-state index is -0.257. The molecule has 1 aromatic carbocycles. The Balaban J connectivity index is 1.55. The number of aromatic nitrogens is 1. The fraction of sp³-hybridized carbons (Fsp3) is 0.444. The molecular formula is C18H22ClFN4O. The molecule has 2 unspecified atom stereocenters. The Morgan fingerprint density at radius 1 is 1.48 bits per heavy atom. The Labute approximate surface area is 151 Å². The van der Waals surface area contributed by atoms with Crippen LogP contribution >= 0.6 is 11.6 Å². The molecule has 1 aliphatic rings. The lowest BCUT2D eigenvalue weighted by Gasteiger charge is -2.11. The van der Waals surface area contributed by atoms with Gasteiger partial charge in [0.05, 0.1) is 12.2 Å². The average molecular weight is 365 g/mol. The lowest BCUT2D eigenvalue weighted by Crippen LogP contribution is -2.38. The van der Waals surface area contributed by atoms with Gasteiger partial charge in [-0.1, -0.05) is 36.7 Å². The van der Waals surface area contributed by atoms with Gasteiger partial charge in [-0.05, 0) is 24.5 Å². The molecule has 2 aromatic rings. The second kappa shape index (κ2) is 7.44. The van der Waals surface area contributed by atoms with Crippen molar-refractivity contribution in [2.45, 2.75) is 44.7 Å².